The first-order chi connectivity index (χ1) is 13.8. The van der Waals surface area contributed by atoms with Crippen LogP contribution < -0.4 is 5.73 Å². The monoisotopic (exact) mass is 414 g/mol. The number of para-hydroxylation sites is 1. The second kappa shape index (κ2) is 8.03. The number of nitrogens with two attached hydrogens (primary N) is 1. The maximum absolute atomic E-state index is 11.1. The van der Waals surface area contributed by atoms with Crippen LogP contribution in [0.4, 0.5) is 0 Å². The van der Waals surface area contributed by atoms with Crippen LogP contribution in [0.25, 0.3) is 10.2 Å². The van der Waals surface area contributed by atoms with Crippen LogP contribution in [0.3, 0.4) is 0 Å². The molecule has 3 aliphatic rings. The summed E-state index contributed by atoms with van der Waals surface area (Å²) in [7, 11) is 2.22. The molecule has 156 valence electrons. The Labute approximate surface area is 176 Å². The number of aromatic nitrogens is 1. The lowest BCUT2D eigenvalue weighted by atomic mass is 9.58. The molecule has 0 radical (unpaired) electrons. The van der Waals surface area contributed by atoms with E-state index in [4.69, 9.17) is 10.7 Å². The number of amides is 2. The lowest BCUT2D eigenvalue weighted by molar-refractivity contribution is -0.145. The molecule has 6 nitrogen and oxygen atoms in total. The van der Waals surface area contributed by atoms with Crippen molar-refractivity contribution in [1.29, 1.82) is 0 Å². The number of piperidine rings is 1. The van der Waals surface area contributed by atoms with Crippen LogP contribution in [0.2, 0.25) is 0 Å². The molecule has 1 unspecified atom stereocenters. The first kappa shape index (κ1) is 20.3. The van der Waals surface area contributed by atoms with E-state index in [9.17, 15) is 9.59 Å². The second-order valence-electron chi connectivity index (χ2n) is 9.16. The Balaban J connectivity index is 0.000000152. The zero-order chi connectivity index (χ0) is 20.6. The molecular formula is C22H30N4O2S. The largest absolute Gasteiger partial charge is 0.361 e. The second-order valence-corrected chi connectivity index (χ2v) is 10.2. The van der Waals surface area contributed by atoms with Crippen LogP contribution >= 0.6 is 11.3 Å². The summed E-state index contributed by atoms with van der Waals surface area (Å²) >= 11 is 1.89. The van der Waals surface area contributed by atoms with Gasteiger partial charge in [0.2, 0.25) is 0 Å². The highest BCUT2D eigenvalue weighted by Gasteiger charge is 2.52. The van der Waals surface area contributed by atoms with Crippen LogP contribution in [0.15, 0.2) is 24.3 Å². The summed E-state index contributed by atoms with van der Waals surface area (Å²) in [6.07, 6.45) is 4.82. The molecule has 2 saturated heterocycles. The van der Waals surface area contributed by atoms with Gasteiger partial charge in [-0.2, -0.15) is 0 Å². The van der Waals surface area contributed by atoms with Crippen molar-refractivity contribution >= 4 is 33.4 Å². The molecular weight excluding hydrogens is 384 g/mol. The van der Waals surface area contributed by atoms with E-state index in [-0.39, 0.29) is 0 Å². The van der Waals surface area contributed by atoms with Crippen molar-refractivity contribution in [3.8, 4) is 0 Å². The van der Waals surface area contributed by atoms with Crippen molar-refractivity contribution in [1.82, 2.24) is 14.8 Å². The quantitative estimate of drug-likeness (QED) is 0.728. The minimum atomic E-state index is -0.843. The van der Waals surface area contributed by atoms with E-state index < -0.39 is 11.8 Å². The number of hydrogen-bond donors (Lipinski definition) is 1. The number of nitrogens with zero attached hydrogens (tertiary/aromatic N) is 3. The molecule has 2 N–H and O–H groups in total. The fourth-order valence-electron chi connectivity index (χ4n) is 5.11. The van der Waals surface area contributed by atoms with Gasteiger partial charge in [0.15, 0.2) is 0 Å². The molecule has 2 aliphatic heterocycles. The minimum Gasteiger partial charge on any atom is -0.361 e. The Kier molecular flexibility index (Phi) is 5.62. The third-order valence-electron chi connectivity index (χ3n) is 6.38. The van der Waals surface area contributed by atoms with Gasteiger partial charge in [-0.1, -0.05) is 19.1 Å². The molecule has 3 heterocycles. The average Bonchev–Trinajstić information content (AvgIpc) is 3.07. The molecule has 5 rings (SSSR count). The highest BCUT2D eigenvalue weighted by atomic mass is 32.1. The van der Waals surface area contributed by atoms with Crippen molar-refractivity contribution in [3.63, 3.8) is 0 Å². The van der Waals surface area contributed by atoms with Gasteiger partial charge in [0.05, 0.1) is 15.2 Å². The number of rotatable bonds is 1. The first-order valence-corrected chi connectivity index (χ1v) is 11.3. The number of carbonyl (C=O) groups is 2. The number of primary amides is 1. The third-order valence-corrected chi connectivity index (χ3v) is 7.58. The molecule has 1 saturated carbocycles. The Morgan fingerprint density at radius 3 is 2.59 bits per heavy atom. The van der Waals surface area contributed by atoms with Crippen LogP contribution in [-0.4, -0.2) is 59.8 Å². The van der Waals surface area contributed by atoms with Crippen LogP contribution in [0.5, 0.6) is 0 Å². The van der Waals surface area contributed by atoms with E-state index in [1.165, 1.54) is 46.1 Å². The van der Waals surface area contributed by atoms with E-state index in [1.807, 2.05) is 11.3 Å². The molecule has 2 amide bonds. The summed E-state index contributed by atoms with van der Waals surface area (Å²) < 4.78 is 1.34. The minimum absolute atomic E-state index is 0.488. The van der Waals surface area contributed by atoms with Gasteiger partial charge in [0.1, 0.15) is 0 Å². The summed E-state index contributed by atoms with van der Waals surface area (Å²) in [5.41, 5.74) is 6.73. The highest BCUT2D eigenvalue weighted by Crippen LogP contribution is 2.56. The Hall–Kier alpha value is -1.99. The fraction of sp³-hybridized carbons (Fsp3) is 0.591. The molecule has 7 heteroatoms. The van der Waals surface area contributed by atoms with Crippen molar-refractivity contribution in [3.05, 3.63) is 29.3 Å². The average molecular weight is 415 g/mol. The molecule has 1 aromatic carbocycles. The van der Waals surface area contributed by atoms with Crippen LogP contribution in [0.1, 0.15) is 43.5 Å². The number of carbonyl (C=O) groups excluding carboxylic acids is 2. The summed E-state index contributed by atoms with van der Waals surface area (Å²) in [6.45, 7) is 6.01. The summed E-state index contributed by atoms with van der Waals surface area (Å²) in [6, 6.07) is 8.49. The zero-order valence-electron chi connectivity index (χ0n) is 17.3. The number of likely N-dealkylation sites (tertiary alicyclic amines) is 2. The molecule has 1 aromatic heterocycles. The van der Waals surface area contributed by atoms with Gasteiger partial charge >= 0.3 is 11.8 Å². The summed E-state index contributed by atoms with van der Waals surface area (Å²) in [5.74, 6) is -0.159. The summed E-state index contributed by atoms with van der Waals surface area (Å²) in [4.78, 5) is 30.4. The van der Waals surface area contributed by atoms with Gasteiger partial charge in [-0.15, -0.1) is 11.3 Å². The van der Waals surface area contributed by atoms with E-state index >= 15 is 0 Å². The maximum Gasteiger partial charge on any atom is 0.311 e. The third kappa shape index (κ3) is 4.31. The van der Waals surface area contributed by atoms with Gasteiger partial charge < -0.3 is 15.5 Å². The number of fused-ring (bicyclic) bond motifs is 1. The normalized spacial score (nSPS) is 23.8. The zero-order valence-corrected chi connectivity index (χ0v) is 18.1. The Bertz CT molecular complexity index is 864. The maximum atomic E-state index is 11.1. The predicted octanol–water partition coefficient (Wildman–Crippen LogP) is 2.84. The number of hydrogen-bond acceptors (Lipinski definition) is 5. The molecule has 1 aliphatic carbocycles. The molecule has 3 fully saturated rings. The molecule has 2 aromatic rings. The Morgan fingerprint density at radius 2 is 1.97 bits per heavy atom. The van der Waals surface area contributed by atoms with Crippen molar-refractivity contribution in [2.24, 2.45) is 17.1 Å². The number of benzene rings is 1. The topological polar surface area (TPSA) is 79.5 Å². The van der Waals surface area contributed by atoms with Gasteiger partial charge in [-0.25, -0.2) is 4.98 Å². The van der Waals surface area contributed by atoms with Gasteiger partial charge in [0.25, 0.3) is 0 Å². The molecule has 1 atom stereocenters. The SMILES string of the molecule is CC1CCCN(C(=O)C(N)=O)C1.CN1CC2(CC(c3nc4ccccc4s3)C2)C1. The van der Waals surface area contributed by atoms with Gasteiger partial charge in [0, 0.05) is 32.1 Å². The van der Waals surface area contributed by atoms with Crippen molar-refractivity contribution in [2.45, 2.75) is 38.5 Å². The van der Waals surface area contributed by atoms with Crippen molar-refractivity contribution in [2.75, 3.05) is 33.2 Å². The lowest BCUT2D eigenvalue weighted by Crippen LogP contribution is -2.59. The van der Waals surface area contributed by atoms with Crippen LogP contribution in [0, 0.1) is 11.3 Å². The van der Waals surface area contributed by atoms with Crippen LogP contribution in [-0.2, 0) is 9.59 Å². The van der Waals surface area contributed by atoms with E-state index in [0.29, 0.717) is 24.4 Å². The predicted molar refractivity (Wildman–Crippen MR) is 116 cm³/mol. The van der Waals surface area contributed by atoms with E-state index in [1.54, 1.807) is 0 Å². The first-order valence-electron chi connectivity index (χ1n) is 10.5. The van der Waals surface area contributed by atoms with Gasteiger partial charge in [-0.3, -0.25) is 9.59 Å². The van der Waals surface area contributed by atoms with E-state index in [0.717, 1.165) is 18.8 Å². The number of thiazole rings is 1. The molecule has 1 spiro atoms. The smallest absolute Gasteiger partial charge is 0.311 e. The van der Waals surface area contributed by atoms with Gasteiger partial charge in [-0.05, 0) is 56.2 Å². The Morgan fingerprint density at radius 1 is 1.24 bits per heavy atom. The molecule has 29 heavy (non-hydrogen) atoms. The standard InChI is InChI=1S/C14H16N2S.C8H14N2O2/c1-16-8-14(9-16)6-10(7-14)13-15-11-4-2-3-5-12(11)17-13;1-6-3-2-4-10(5-6)8(12)7(9)11/h2-5,10H,6-9H2,1H3;6H,2-5H2,1H3,(H2,9,11). The van der Waals surface area contributed by atoms with E-state index in [2.05, 4.69) is 43.1 Å². The highest BCUT2D eigenvalue weighted by molar-refractivity contribution is 7.18. The fourth-order valence-corrected chi connectivity index (χ4v) is 6.18. The molecule has 0 bridgehead atoms. The lowest BCUT2D eigenvalue weighted by Gasteiger charge is -2.58. The van der Waals surface area contributed by atoms with Crippen molar-refractivity contribution < 1.29 is 9.59 Å². The summed E-state index contributed by atoms with van der Waals surface area (Å²) in [5, 5.41) is 1.37.